The lowest BCUT2D eigenvalue weighted by Crippen LogP contribution is -2.07. The highest BCUT2D eigenvalue weighted by Crippen LogP contribution is 2.20. The van der Waals surface area contributed by atoms with Crippen LogP contribution in [0.2, 0.25) is 0 Å². The third-order valence-corrected chi connectivity index (χ3v) is 1.71. The Hall–Kier alpha value is -1.51. The van der Waals surface area contributed by atoms with Crippen molar-refractivity contribution >= 4 is 11.5 Å². The molecule has 0 fully saturated rings. The van der Waals surface area contributed by atoms with Crippen molar-refractivity contribution in [2.75, 3.05) is 5.73 Å². The molecule has 0 atom stereocenters. The molecule has 1 rings (SSSR count). The van der Waals surface area contributed by atoms with Gasteiger partial charge in [0.05, 0.1) is 6.10 Å². The zero-order valence-corrected chi connectivity index (χ0v) is 8.70. The summed E-state index contributed by atoms with van der Waals surface area (Å²) in [5.41, 5.74) is 6.77. The van der Waals surface area contributed by atoms with Gasteiger partial charge in [-0.05, 0) is 32.9 Å². The average molecular weight is 193 g/mol. The number of ether oxygens (including phenoxy) is 1. The first-order valence-corrected chi connectivity index (χ1v) is 4.57. The van der Waals surface area contributed by atoms with E-state index < -0.39 is 0 Å². The van der Waals surface area contributed by atoms with Crippen molar-refractivity contribution in [1.29, 1.82) is 0 Å². The average Bonchev–Trinajstić information content (AvgIpc) is 2.01. The summed E-state index contributed by atoms with van der Waals surface area (Å²) in [7, 11) is 0. The molecule has 76 valence electrons. The Morgan fingerprint density at radius 2 is 2.00 bits per heavy atom. The first-order chi connectivity index (χ1) is 6.49. The standard InChI is InChI=1S/C11H15NO2/c1-7(2)14-11-5-9(8(3)13)4-10(12)6-11/h4-7H,12H2,1-3H3. The number of benzene rings is 1. The quantitative estimate of drug-likeness (QED) is 0.591. The van der Waals surface area contributed by atoms with Crippen LogP contribution < -0.4 is 10.5 Å². The van der Waals surface area contributed by atoms with E-state index in [9.17, 15) is 4.79 Å². The highest BCUT2D eigenvalue weighted by Gasteiger charge is 2.05. The van der Waals surface area contributed by atoms with Gasteiger partial charge in [0.25, 0.3) is 0 Å². The van der Waals surface area contributed by atoms with Gasteiger partial charge in [-0.2, -0.15) is 0 Å². The Bertz CT molecular complexity index is 345. The second kappa shape index (κ2) is 4.13. The van der Waals surface area contributed by atoms with Gasteiger partial charge in [-0.1, -0.05) is 0 Å². The number of carbonyl (C=O) groups excluding carboxylic acids is 1. The van der Waals surface area contributed by atoms with Crippen molar-refractivity contribution in [2.45, 2.75) is 26.9 Å². The van der Waals surface area contributed by atoms with Gasteiger partial charge in [-0.25, -0.2) is 0 Å². The van der Waals surface area contributed by atoms with Gasteiger partial charge in [0, 0.05) is 17.3 Å². The third kappa shape index (κ3) is 2.76. The highest BCUT2D eigenvalue weighted by atomic mass is 16.5. The number of nitrogen functional groups attached to an aromatic ring is 1. The maximum absolute atomic E-state index is 11.1. The molecular weight excluding hydrogens is 178 g/mol. The predicted octanol–water partition coefficient (Wildman–Crippen LogP) is 2.26. The minimum Gasteiger partial charge on any atom is -0.491 e. The van der Waals surface area contributed by atoms with Crippen molar-refractivity contribution in [1.82, 2.24) is 0 Å². The van der Waals surface area contributed by atoms with Gasteiger partial charge in [0.1, 0.15) is 5.75 Å². The van der Waals surface area contributed by atoms with E-state index in [1.165, 1.54) is 6.92 Å². The van der Waals surface area contributed by atoms with E-state index in [-0.39, 0.29) is 11.9 Å². The molecule has 0 saturated carbocycles. The van der Waals surface area contributed by atoms with Crippen LogP contribution in [-0.4, -0.2) is 11.9 Å². The molecule has 3 heteroatoms. The molecule has 0 spiro atoms. The second-order valence-corrected chi connectivity index (χ2v) is 3.51. The Labute approximate surface area is 83.9 Å². The molecule has 0 aromatic heterocycles. The second-order valence-electron chi connectivity index (χ2n) is 3.51. The lowest BCUT2D eigenvalue weighted by atomic mass is 10.1. The third-order valence-electron chi connectivity index (χ3n) is 1.71. The molecule has 0 aliphatic carbocycles. The molecule has 0 unspecified atom stereocenters. The zero-order valence-electron chi connectivity index (χ0n) is 8.70. The lowest BCUT2D eigenvalue weighted by Gasteiger charge is -2.11. The molecule has 1 aromatic rings. The van der Waals surface area contributed by atoms with Crippen LogP contribution in [0.4, 0.5) is 5.69 Å². The summed E-state index contributed by atoms with van der Waals surface area (Å²) in [4.78, 5) is 11.1. The Morgan fingerprint density at radius 3 is 2.50 bits per heavy atom. The van der Waals surface area contributed by atoms with Gasteiger partial charge in [-0.3, -0.25) is 4.79 Å². The molecule has 14 heavy (non-hydrogen) atoms. The smallest absolute Gasteiger partial charge is 0.160 e. The van der Waals surface area contributed by atoms with E-state index in [0.717, 1.165) is 0 Å². The summed E-state index contributed by atoms with van der Waals surface area (Å²) in [5.74, 6) is 0.635. The van der Waals surface area contributed by atoms with Crippen LogP contribution in [0.25, 0.3) is 0 Å². The molecular formula is C11H15NO2. The van der Waals surface area contributed by atoms with E-state index in [4.69, 9.17) is 10.5 Å². The van der Waals surface area contributed by atoms with Crippen molar-refractivity contribution < 1.29 is 9.53 Å². The molecule has 3 nitrogen and oxygen atoms in total. The SMILES string of the molecule is CC(=O)c1cc(N)cc(OC(C)C)c1. The van der Waals surface area contributed by atoms with Crippen LogP contribution in [0.1, 0.15) is 31.1 Å². The maximum atomic E-state index is 11.1. The van der Waals surface area contributed by atoms with E-state index >= 15 is 0 Å². The minimum atomic E-state index is -0.00842. The number of ketones is 1. The van der Waals surface area contributed by atoms with E-state index in [1.807, 2.05) is 13.8 Å². The van der Waals surface area contributed by atoms with Crippen molar-refractivity contribution in [3.05, 3.63) is 23.8 Å². The Kier molecular flexibility index (Phi) is 3.12. The zero-order chi connectivity index (χ0) is 10.7. The summed E-state index contributed by atoms with van der Waals surface area (Å²) in [6.07, 6.45) is 0.0802. The normalized spacial score (nSPS) is 10.3. The number of nitrogens with two attached hydrogens (primary N) is 1. The minimum absolute atomic E-state index is 0.00842. The predicted molar refractivity (Wildman–Crippen MR) is 56.6 cm³/mol. The number of carbonyl (C=O) groups is 1. The van der Waals surface area contributed by atoms with Gasteiger partial charge in [0.15, 0.2) is 5.78 Å². The van der Waals surface area contributed by atoms with E-state index in [0.29, 0.717) is 17.0 Å². The topological polar surface area (TPSA) is 52.3 Å². The largest absolute Gasteiger partial charge is 0.491 e. The van der Waals surface area contributed by atoms with Crippen LogP contribution in [0.15, 0.2) is 18.2 Å². The number of Topliss-reactive ketones (excluding diaryl/α,β-unsaturated/α-hetero) is 1. The van der Waals surface area contributed by atoms with Crippen LogP contribution >= 0.6 is 0 Å². The molecule has 0 aliphatic rings. The lowest BCUT2D eigenvalue weighted by molar-refractivity contribution is 0.101. The molecule has 1 aromatic carbocycles. The van der Waals surface area contributed by atoms with Crippen molar-refractivity contribution in [3.8, 4) is 5.75 Å². The fraction of sp³-hybridized carbons (Fsp3) is 0.364. The number of anilines is 1. The Balaban J connectivity index is 3.01. The van der Waals surface area contributed by atoms with Crippen molar-refractivity contribution in [2.24, 2.45) is 0 Å². The van der Waals surface area contributed by atoms with Crippen LogP contribution in [-0.2, 0) is 0 Å². The fourth-order valence-electron chi connectivity index (χ4n) is 1.17. The summed E-state index contributed by atoms with van der Waals surface area (Å²) in [5, 5.41) is 0. The molecule has 0 radical (unpaired) electrons. The first kappa shape index (κ1) is 10.6. The highest BCUT2D eigenvalue weighted by molar-refractivity contribution is 5.95. The summed E-state index contributed by atoms with van der Waals surface area (Å²) < 4.78 is 5.45. The molecule has 0 heterocycles. The van der Waals surface area contributed by atoms with Crippen LogP contribution in [0, 0.1) is 0 Å². The van der Waals surface area contributed by atoms with Crippen molar-refractivity contribution in [3.63, 3.8) is 0 Å². The molecule has 0 aliphatic heterocycles. The van der Waals surface area contributed by atoms with Gasteiger partial charge < -0.3 is 10.5 Å². The number of hydrogen-bond donors (Lipinski definition) is 1. The summed E-state index contributed by atoms with van der Waals surface area (Å²) >= 11 is 0. The van der Waals surface area contributed by atoms with Crippen LogP contribution in [0.5, 0.6) is 5.75 Å². The number of rotatable bonds is 3. The first-order valence-electron chi connectivity index (χ1n) is 4.57. The van der Waals surface area contributed by atoms with Crippen LogP contribution in [0.3, 0.4) is 0 Å². The molecule has 0 saturated heterocycles. The van der Waals surface area contributed by atoms with E-state index in [1.54, 1.807) is 18.2 Å². The molecule has 0 amide bonds. The fourth-order valence-corrected chi connectivity index (χ4v) is 1.17. The number of hydrogen-bond acceptors (Lipinski definition) is 3. The summed E-state index contributed by atoms with van der Waals surface area (Å²) in [6.45, 7) is 5.36. The molecule has 0 bridgehead atoms. The van der Waals surface area contributed by atoms with Gasteiger partial charge in [0.2, 0.25) is 0 Å². The Morgan fingerprint density at radius 1 is 1.36 bits per heavy atom. The van der Waals surface area contributed by atoms with E-state index in [2.05, 4.69) is 0 Å². The summed E-state index contributed by atoms with van der Waals surface area (Å²) in [6, 6.07) is 5.07. The molecule has 2 N–H and O–H groups in total. The van der Waals surface area contributed by atoms with Gasteiger partial charge >= 0.3 is 0 Å². The maximum Gasteiger partial charge on any atom is 0.160 e. The van der Waals surface area contributed by atoms with Gasteiger partial charge in [-0.15, -0.1) is 0 Å². The monoisotopic (exact) mass is 193 g/mol.